The van der Waals surface area contributed by atoms with Gasteiger partial charge < -0.3 is 15.5 Å². The lowest BCUT2D eigenvalue weighted by Gasteiger charge is -2.35. The summed E-state index contributed by atoms with van der Waals surface area (Å²) in [6.45, 7) is 4.49. The molecule has 2 aromatic rings. The number of carbonyl (C=O) groups excluding carboxylic acids is 2. The van der Waals surface area contributed by atoms with E-state index in [1.807, 2.05) is 30.3 Å². The first kappa shape index (κ1) is 20.6. The Morgan fingerprint density at radius 1 is 1.03 bits per heavy atom. The third-order valence-electron chi connectivity index (χ3n) is 5.04. The standard InChI is InChI=1S/C23H26N4O2/c1-3-18-8-7-11-20(16-18)24-22(28)23(29)25-21(19-9-5-4-6-10-19)17-27-14-12-26(2)13-15-27/h1,4-11,16,21H,12-15,17H2,2H3,(H,24,28)(H,25,29)/t21-/m0/s1. The normalized spacial score (nSPS) is 15.9. The van der Waals surface area contributed by atoms with Crippen molar-refractivity contribution < 1.29 is 9.59 Å². The fourth-order valence-corrected chi connectivity index (χ4v) is 3.31. The molecule has 2 amide bonds. The maximum atomic E-state index is 12.6. The van der Waals surface area contributed by atoms with E-state index >= 15 is 0 Å². The van der Waals surface area contributed by atoms with Crippen LogP contribution in [0.15, 0.2) is 54.6 Å². The largest absolute Gasteiger partial charge is 0.340 e. The molecule has 0 unspecified atom stereocenters. The number of hydrogen-bond acceptors (Lipinski definition) is 4. The Labute approximate surface area is 171 Å². The van der Waals surface area contributed by atoms with E-state index < -0.39 is 11.8 Å². The Morgan fingerprint density at radius 2 is 1.76 bits per heavy atom. The molecular formula is C23H26N4O2. The minimum atomic E-state index is -0.710. The molecule has 2 N–H and O–H groups in total. The van der Waals surface area contributed by atoms with E-state index in [0.717, 1.165) is 31.7 Å². The molecule has 1 heterocycles. The molecule has 0 spiro atoms. The number of carbonyl (C=O) groups is 2. The first-order valence-electron chi connectivity index (χ1n) is 9.69. The summed E-state index contributed by atoms with van der Waals surface area (Å²) >= 11 is 0. The number of rotatable bonds is 5. The van der Waals surface area contributed by atoms with Gasteiger partial charge in [-0.3, -0.25) is 14.5 Å². The number of piperazine rings is 1. The first-order valence-corrected chi connectivity index (χ1v) is 9.69. The van der Waals surface area contributed by atoms with Crippen molar-refractivity contribution in [1.82, 2.24) is 15.1 Å². The number of likely N-dealkylation sites (N-methyl/N-ethyl adjacent to an activating group) is 1. The third-order valence-corrected chi connectivity index (χ3v) is 5.04. The van der Waals surface area contributed by atoms with Gasteiger partial charge >= 0.3 is 11.8 Å². The molecule has 2 aromatic carbocycles. The molecule has 150 valence electrons. The predicted molar refractivity (Wildman–Crippen MR) is 114 cm³/mol. The second-order valence-corrected chi connectivity index (χ2v) is 7.22. The number of benzene rings is 2. The summed E-state index contributed by atoms with van der Waals surface area (Å²) in [5, 5.41) is 5.51. The fourth-order valence-electron chi connectivity index (χ4n) is 3.31. The zero-order chi connectivity index (χ0) is 20.6. The van der Waals surface area contributed by atoms with Crippen LogP contribution in [0.1, 0.15) is 17.2 Å². The van der Waals surface area contributed by atoms with E-state index in [0.29, 0.717) is 17.8 Å². The molecule has 0 radical (unpaired) electrons. The lowest BCUT2D eigenvalue weighted by atomic mass is 10.1. The van der Waals surface area contributed by atoms with Crippen LogP contribution >= 0.6 is 0 Å². The van der Waals surface area contributed by atoms with Crippen molar-refractivity contribution in [2.45, 2.75) is 6.04 Å². The van der Waals surface area contributed by atoms with Crippen LogP contribution in [0.4, 0.5) is 5.69 Å². The number of nitrogens with one attached hydrogen (secondary N) is 2. The number of anilines is 1. The Kier molecular flexibility index (Phi) is 7.01. The molecule has 29 heavy (non-hydrogen) atoms. The highest BCUT2D eigenvalue weighted by Crippen LogP contribution is 2.16. The van der Waals surface area contributed by atoms with E-state index in [1.165, 1.54) is 0 Å². The molecule has 1 aliphatic rings. The zero-order valence-electron chi connectivity index (χ0n) is 16.6. The van der Waals surface area contributed by atoms with Gasteiger partial charge in [-0.15, -0.1) is 6.42 Å². The smallest absolute Gasteiger partial charge is 0.313 e. The van der Waals surface area contributed by atoms with Gasteiger partial charge in [0.1, 0.15) is 0 Å². The molecule has 0 bridgehead atoms. The fraction of sp³-hybridized carbons (Fsp3) is 0.304. The van der Waals surface area contributed by atoms with Crippen LogP contribution in [0.3, 0.4) is 0 Å². The lowest BCUT2D eigenvalue weighted by Crippen LogP contribution is -2.48. The first-order chi connectivity index (χ1) is 14.0. The SMILES string of the molecule is C#Cc1cccc(NC(=O)C(=O)N[C@@H](CN2CCN(C)CC2)c2ccccc2)c1. The molecule has 0 saturated carbocycles. The maximum absolute atomic E-state index is 12.6. The van der Waals surface area contributed by atoms with Crippen molar-refractivity contribution >= 4 is 17.5 Å². The van der Waals surface area contributed by atoms with Gasteiger partial charge in [0, 0.05) is 44.0 Å². The van der Waals surface area contributed by atoms with E-state index in [-0.39, 0.29) is 6.04 Å². The predicted octanol–water partition coefficient (Wildman–Crippen LogP) is 1.71. The van der Waals surface area contributed by atoms with Gasteiger partial charge in [-0.25, -0.2) is 0 Å². The molecule has 1 fully saturated rings. The van der Waals surface area contributed by atoms with Gasteiger partial charge in [0.05, 0.1) is 6.04 Å². The number of terminal acetylenes is 1. The van der Waals surface area contributed by atoms with Crippen LogP contribution < -0.4 is 10.6 Å². The monoisotopic (exact) mass is 390 g/mol. The third kappa shape index (κ3) is 5.92. The van der Waals surface area contributed by atoms with Crippen LogP contribution in [0.2, 0.25) is 0 Å². The van der Waals surface area contributed by atoms with Crippen LogP contribution in [0.5, 0.6) is 0 Å². The molecule has 1 saturated heterocycles. The minimum Gasteiger partial charge on any atom is -0.340 e. The van der Waals surface area contributed by atoms with Gasteiger partial charge in [0.2, 0.25) is 0 Å². The second kappa shape index (κ2) is 9.87. The van der Waals surface area contributed by atoms with Gasteiger partial charge in [-0.1, -0.05) is 42.3 Å². The minimum absolute atomic E-state index is 0.269. The lowest BCUT2D eigenvalue weighted by molar-refractivity contribution is -0.136. The van der Waals surface area contributed by atoms with Crippen molar-refractivity contribution in [2.75, 3.05) is 45.1 Å². The van der Waals surface area contributed by atoms with E-state index in [9.17, 15) is 9.59 Å². The van der Waals surface area contributed by atoms with Gasteiger partial charge in [-0.2, -0.15) is 0 Å². The van der Waals surface area contributed by atoms with Crippen molar-refractivity contribution in [3.63, 3.8) is 0 Å². The Balaban J connectivity index is 1.66. The number of nitrogens with zero attached hydrogens (tertiary/aromatic N) is 2. The van der Waals surface area contributed by atoms with E-state index in [2.05, 4.69) is 33.4 Å². The topological polar surface area (TPSA) is 64.7 Å². The summed E-state index contributed by atoms with van der Waals surface area (Å²) in [6.07, 6.45) is 5.39. The second-order valence-electron chi connectivity index (χ2n) is 7.22. The van der Waals surface area contributed by atoms with Crippen molar-refractivity contribution in [3.8, 4) is 12.3 Å². The highest BCUT2D eigenvalue weighted by atomic mass is 16.2. The van der Waals surface area contributed by atoms with E-state index in [4.69, 9.17) is 6.42 Å². The molecule has 6 heteroatoms. The van der Waals surface area contributed by atoms with E-state index in [1.54, 1.807) is 24.3 Å². The molecular weight excluding hydrogens is 364 g/mol. The van der Waals surface area contributed by atoms with Crippen LogP contribution in [-0.2, 0) is 9.59 Å². The quantitative estimate of drug-likeness (QED) is 0.603. The molecule has 6 nitrogen and oxygen atoms in total. The highest BCUT2D eigenvalue weighted by molar-refractivity contribution is 6.39. The summed E-state index contributed by atoms with van der Waals surface area (Å²) < 4.78 is 0. The van der Waals surface area contributed by atoms with Crippen LogP contribution in [0, 0.1) is 12.3 Å². The molecule has 3 rings (SSSR count). The van der Waals surface area contributed by atoms with Gasteiger partial charge in [0.15, 0.2) is 0 Å². The maximum Gasteiger partial charge on any atom is 0.313 e. The van der Waals surface area contributed by atoms with Crippen LogP contribution in [-0.4, -0.2) is 61.4 Å². The Bertz CT molecular complexity index is 883. The summed E-state index contributed by atoms with van der Waals surface area (Å²) in [5.74, 6) is 1.13. The summed E-state index contributed by atoms with van der Waals surface area (Å²) in [5.41, 5.74) is 2.11. The highest BCUT2D eigenvalue weighted by Gasteiger charge is 2.24. The van der Waals surface area contributed by atoms with Crippen molar-refractivity contribution in [3.05, 3.63) is 65.7 Å². The summed E-state index contributed by atoms with van der Waals surface area (Å²) in [6, 6.07) is 16.3. The summed E-state index contributed by atoms with van der Waals surface area (Å²) in [7, 11) is 2.10. The van der Waals surface area contributed by atoms with Crippen LogP contribution in [0.25, 0.3) is 0 Å². The van der Waals surface area contributed by atoms with Crippen molar-refractivity contribution in [2.24, 2.45) is 0 Å². The average molecular weight is 390 g/mol. The van der Waals surface area contributed by atoms with Crippen molar-refractivity contribution in [1.29, 1.82) is 0 Å². The molecule has 0 aromatic heterocycles. The molecule has 0 aliphatic carbocycles. The average Bonchev–Trinajstić information content (AvgIpc) is 2.75. The zero-order valence-corrected chi connectivity index (χ0v) is 16.6. The van der Waals surface area contributed by atoms with Gasteiger partial charge in [0.25, 0.3) is 0 Å². The Hall–Kier alpha value is -3.14. The molecule has 1 aliphatic heterocycles. The molecule has 1 atom stereocenters. The number of amides is 2. The summed E-state index contributed by atoms with van der Waals surface area (Å²) in [4.78, 5) is 29.6. The Morgan fingerprint density at radius 3 is 2.45 bits per heavy atom. The number of hydrogen-bond donors (Lipinski definition) is 2. The van der Waals surface area contributed by atoms with Gasteiger partial charge in [-0.05, 0) is 30.8 Å².